The number of nitrogens with one attached hydrogen (secondary N) is 2. The van der Waals surface area contributed by atoms with E-state index >= 15 is 0 Å². The lowest BCUT2D eigenvalue weighted by molar-refractivity contribution is 0.0974. The summed E-state index contributed by atoms with van der Waals surface area (Å²) in [6, 6.07) is 5.69. The Hall–Kier alpha value is -1.86. The fourth-order valence-electron chi connectivity index (χ4n) is 1.23. The van der Waals surface area contributed by atoms with Crippen molar-refractivity contribution in [3.05, 3.63) is 47.2 Å². The van der Waals surface area contributed by atoms with Gasteiger partial charge in [-0.25, -0.2) is 9.37 Å². The Balaban J connectivity index is 2.00. The Morgan fingerprint density at radius 3 is 2.83 bits per heavy atom. The first kappa shape index (κ1) is 12.6. The number of aromatic nitrogens is 1. The van der Waals surface area contributed by atoms with Crippen LogP contribution in [0.4, 0.5) is 9.52 Å². The fourth-order valence-corrected chi connectivity index (χ4v) is 2.02. The number of thiocarbonyl (C=S) groups is 1. The lowest BCUT2D eigenvalue weighted by atomic mass is 10.2. The molecule has 4 nitrogen and oxygen atoms in total. The van der Waals surface area contributed by atoms with Gasteiger partial charge in [0, 0.05) is 11.6 Å². The van der Waals surface area contributed by atoms with Gasteiger partial charge in [0.15, 0.2) is 10.2 Å². The number of halogens is 1. The van der Waals surface area contributed by atoms with Crippen LogP contribution in [0.5, 0.6) is 0 Å². The summed E-state index contributed by atoms with van der Waals surface area (Å²) in [4.78, 5) is 15.7. The summed E-state index contributed by atoms with van der Waals surface area (Å²) in [6.07, 6.45) is 1.61. The van der Waals surface area contributed by atoms with Crippen molar-refractivity contribution in [2.24, 2.45) is 0 Å². The molecule has 0 aliphatic heterocycles. The SMILES string of the molecule is O=C(NC(=S)Nc1nccs1)c1ccccc1F. The number of hydrogen-bond acceptors (Lipinski definition) is 4. The Morgan fingerprint density at radius 2 is 2.17 bits per heavy atom. The highest BCUT2D eigenvalue weighted by molar-refractivity contribution is 7.80. The van der Waals surface area contributed by atoms with E-state index in [-0.39, 0.29) is 10.7 Å². The highest BCUT2D eigenvalue weighted by atomic mass is 32.1. The summed E-state index contributed by atoms with van der Waals surface area (Å²) in [5.74, 6) is -1.19. The van der Waals surface area contributed by atoms with Gasteiger partial charge in [-0.3, -0.25) is 10.1 Å². The smallest absolute Gasteiger partial charge is 0.260 e. The van der Waals surface area contributed by atoms with E-state index in [2.05, 4.69) is 15.6 Å². The molecule has 0 aliphatic carbocycles. The maximum Gasteiger partial charge on any atom is 0.260 e. The van der Waals surface area contributed by atoms with Gasteiger partial charge < -0.3 is 5.32 Å². The van der Waals surface area contributed by atoms with E-state index in [4.69, 9.17) is 12.2 Å². The van der Waals surface area contributed by atoms with Gasteiger partial charge in [-0.15, -0.1) is 11.3 Å². The van der Waals surface area contributed by atoms with Crippen molar-refractivity contribution in [1.82, 2.24) is 10.3 Å². The standard InChI is InChI=1S/C11H8FN3OS2/c12-8-4-2-1-3-7(8)9(16)14-10(17)15-11-13-5-6-18-11/h1-6H,(H2,13,14,15,16,17). The molecule has 0 unspecified atom stereocenters. The summed E-state index contributed by atoms with van der Waals surface area (Å²) >= 11 is 6.26. The first-order chi connectivity index (χ1) is 8.66. The van der Waals surface area contributed by atoms with E-state index in [9.17, 15) is 9.18 Å². The molecule has 0 saturated carbocycles. The van der Waals surface area contributed by atoms with Gasteiger partial charge in [-0.05, 0) is 24.4 Å². The summed E-state index contributed by atoms with van der Waals surface area (Å²) < 4.78 is 13.3. The van der Waals surface area contributed by atoms with Crippen LogP contribution in [0.15, 0.2) is 35.8 Å². The number of carbonyl (C=O) groups excluding carboxylic acids is 1. The van der Waals surface area contributed by atoms with Crippen LogP contribution >= 0.6 is 23.6 Å². The number of anilines is 1. The van der Waals surface area contributed by atoms with Crippen molar-refractivity contribution >= 4 is 39.7 Å². The van der Waals surface area contributed by atoms with Gasteiger partial charge >= 0.3 is 0 Å². The molecule has 1 aromatic heterocycles. The molecule has 92 valence electrons. The first-order valence-corrected chi connectivity index (χ1v) is 6.22. The molecule has 0 atom stereocenters. The van der Waals surface area contributed by atoms with Crippen LogP contribution in [-0.2, 0) is 0 Å². The van der Waals surface area contributed by atoms with E-state index in [1.54, 1.807) is 17.6 Å². The molecule has 18 heavy (non-hydrogen) atoms. The number of rotatable bonds is 2. The molecule has 1 aromatic carbocycles. The second-order valence-electron chi connectivity index (χ2n) is 3.23. The third kappa shape index (κ3) is 3.08. The van der Waals surface area contributed by atoms with Gasteiger partial charge in [-0.2, -0.15) is 0 Å². The second-order valence-corrected chi connectivity index (χ2v) is 4.53. The lowest BCUT2D eigenvalue weighted by Crippen LogP contribution is -2.34. The molecule has 2 aromatic rings. The molecule has 0 fully saturated rings. The minimum Gasteiger partial charge on any atom is -0.308 e. The largest absolute Gasteiger partial charge is 0.308 e. The number of benzene rings is 1. The molecule has 0 aliphatic rings. The van der Waals surface area contributed by atoms with Gasteiger partial charge in [0.2, 0.25) is 0 Å². The van der Waals surface area contributed by atoms with Crippen molar-refractivity contribution in [3.63, 3.8) is 0 Å². The summed E-state index contributed by atoms with van der Waals surface area (Å²) in [6.45, 7) is 0. The van der Waals surface area contributed by atoms with E-state index in [1.165, 1.54) is 29.5 Å². The molecule has 2 N–H and O–H groups in total. The van der Waals surface area contributed by atoms with E-state index in [0.29, 0.717) is 5.13 Å². The highest BCUT2D eigenvalue weighted by Crippen LogP contribution is 2.10. The van der Waals surface area contributed by atoms with Gasteiger partial charge in [0.05, 0.1) is 5.56 Å². The quantitative estimate of drug-likeness (QED) is 0.830. The molecule has 2 rings (SSSR count). The summed E-state index contributed by atoms with van der Waals surface area (Å²) in [5.41, 5.74) is -0.0548. The predicted molar refractivity (Wildman–Crippen MR) is 72.2 cm³/mol. The molecule has 1 amide bonds. The maximum atomic E-state index is 13.3. The Labute approximate surface area is 112 Å². The molecule has 7 heteroatoms. The number of amides is 1. The fraction of sp³-hybridized carbons (Fsp3) is 0. The lowest BCUT2D eigenvalue weighted by Gasteiger charge is -2.07. The maximum absolute atomic E-state index is 13.3. The van der Waals surface area contributed by atoms with Crippen LogP contribution in [-0.4, -0.2) is 16.0 Å². The third-order valence-electron chi connectivity index (χ3n) is 2.00. The van der Waals surface area contributed by atoms with E-state index in [1.807, 2.05) is 0 Å². The highest BCUT2D eigenvalue weighted by Gasteiger charge is 2.12. The van der Waals surface area contributed by atoms with Crippen molar-refractivity contribution in [2.45, 2.75) is 0 Å². The predicted octanol–water partition coefficient (Wildman–Crippen LogP) is 2.41. The number of nitrogens with zero attached hydrogens (tertiary/aromatic N) is 1. The topological polar surface area (TPSA) is 54.0 Å². The van der Waals surface area contributed by atoms with Gasteiger partial charge in [0.1, 0.15) is 5.82 Å². The first-order valence-electron chi connectivity index (χ1n) is 4.93. The summed E-state index contributed by atoms with van der Waals surface area (Å²) in [5, 5.41) is 7.52. The monoisotopic (exact) mass is 281 g/mol. The molecule has 0 saturated heterocycles. The van der Waals surface area contributed by atoms with Crippen molar-refractivity contribution in [3.8, 4) is 0 Å². The van der Waals surface area contributed by atoms with Crippen LogP contribution in [0.3, 0.4) is 0 Å². The number of carbonyl (C=O) groups is 1. The van der Waals surface area contributed by atoms with Gasteiger partial charge in [-0.1, -0.05) is 12.1 Å². The van der Waals surface area contributed by atoms with E-state index in [0.717, 1.165) is 0 Å². The number of hydrogen-bond donors (Lipinski definition) is 2. The zero-order valence-corrected chi connectivity index (χ0v) is 10.6. The molecule has 0 radical (unpaired) electrons. The van der Waals surface area contributed by atoms with Crippen LogP contribution in [0.1, 0.15) is 10.4 Å². The van der Waals surface area contributed by atoms with Gasteiger partial charge in [0.25, 0.3) is 5.91 Å². The molecule has 0 spiro atoms. The Kier molecular flexibility index (Phi) is 3.96. The zero-order valence-electron chi connectivity index (χ0n) is 9.01. The summed E-state index contributed by atoms with van der Waals surface area (Å²) in [7, 11) is 0. The average Bonchev–Trinajstić information content (AvgIpc) is 2.82. The van der Waals surface area contributed by atoms with Crippen LogP contribution in [0.25, 0.3) is 0 Å². The minimum atomic E-state index is -0.595. The Bertz CT molecular complexity index is 571. The van der Waals surface area contributed by atoms with Crippen LogP contribution in [0, 0.1) is 5.82 Å². The van der Waals surface area contributed by atoms with E-state index < -0.39 is 11.7 Å². The van der Waals surface area contributed by atoms with Crippen molar-refractivity contribution in [1.29, 1.82) is 0 Å². The van der Waals surface area contributed by atoms with Crippen molar-refractivity contribution in [2.75, 3.05) is 5.32 Å². The number of thiazole rings is 1. The molecule has 1 heterocycles. The second kappa shape index (κ2) is 5.65. The molecular weight excluding hydrogens is 273 g/mol. The molecule has 0 bridgehead atoms. The van der Waals surface area contributed by atoms with Crippen molar-refractivity contribution < 1.29 is 9.18 Å². The zero-order chi connectivity index (χ0) is 13.0. The minimum absolute atomic E-state index is 0.0548. The van der Waals surface area contributed by atoms with Crippen LogP contribution < -0.4 is 10.6 Å². The normalized spacial score (nSPS) is 9.83. The molecular formula is C11H8FN3OS2. The van der Waals surface area contributed by atoms with Crippen LogP contribution in [0.2, 0.25) is 0 Å². The third-order valence-corrected chi connectivity index (χ3v) is 2.89. The average molecular weight is 281 g/mol. The Morgan fingerprint density at radius 1 is 1.39 bits per heavy atom.